The van der Waals surface area contributed by atoms with Crippen LogP contribution in [0.4, 0.5) is 17.3 Å². The van der Waals surface area contributed by atoms with Crippen LogP contribution >= 0.6 is 0 Å². The first-order valence-electron chi connectivity index (χ1n) is 8.39. The summed E-state index contributed by atoms with van der Waals surface area (Å²) < 4.78 is 0. The maximum Gasteiger partial charge on any atom is 0.239 e. The fraction of sp³-hybridized carbons (Fsp3) is 0.389. The van der Waals surface area contributed by atoms with Crippen molar-refractivity contribution in [3.05, 3.63) is 35.9 Å². The summed E-state index contributed by atoms with van der Waals surface area (Å²) in [5, 5.41) is 6.09. The van der Waals surface area contributed by atoms with E-state index in [1.165, 1.54) is 13.1 Å². The van der Waals surface area contributed by atoms with E-state index in [0.29, 0.717) is 18.1 Å². The molecule has 8 nitrogen and oxygen atoms in total. The Labute approximate surface area is 152 Å². The second kappa shape index (κ2) is 8.37. The standard InChI is InChI=1S/C18H24N6O2/c1-10(2)7-14(17(19)26)23-15-9-21-16(12(4)25)18(24-15)22-13-5-6-20-11(3)8-13/h5-6,8-10,14H,7H2,1-4H3,(H2,19,26)(H2,20,22,23,24). The third kappa shape index (κ3) is 5.23. The molecule has 0 aromatic carbocycles. The van der Waals surface area contributed by atoms with Crippen LogP contribution in [0.1, 0.15) is 43.4 Å². The summed E-state index contributed by atoms with van der Waals surface area (Å²) >= 11 is 0. The van der Waals surface area contributed by atoms with Gasteiger partial charge >= 0.3 is 0 Å². The van der Waals surface area contributed by atoms with E-state index in [1.54, 1.807) is 12.3 Å². The highest BCUT2D eigenvalue weighted by molar-refractivity contribution is 5.97. The van der Waals surface area contributed by atoms with Gasteiger partial charge in [-0.1, -0.05) is 13.8 Å². The molecule has 26 heavy (non-hydrogen) atoms. The second-order valence-corrected chi connectivity index (χ2v) is 6.55. The zero-order chi connectivity index (χ0) is 19.3. The van der Waals surface area contributed by atoms with E-state index in [-0.39, 0.29) is 17.4 Å². The van der Waals surface area contributed by atoms with Gasteiger partial charge in [0.05, 0.1) is 6.20 Å². The van der Waals surface area contributed by atoms with Crippen molar-refractivity contribution in [2.24, 2.45) is 11.7 Å². The molecule has 2 aromatic heterocycles. The van der Waals surface area contributed by atoms with Gasteiger partial charge in [0.1, 0.15) is 17.6 Å². The molecule has 1 amide bonds. The minimum absolute atomic E-state index is 0.212. The molecule has 0 aliphatic carbocycles. The molecule has 0 aliphatic heterocycles. The number of hydrogen-bond donors (Lipinski definition) is 3. The van der Waals surface area contributed by atoms with Gasteiger partial charge in [-0.15, -0.1) is 0 Å². The van der Waals surface area contributed by atoms with Crippen molar-refractivity contribution < 1.29 is 9.59 Å². The molecule has 2 aromatic rings. The smallest absolute Gasteiger partial charge is 0.239 e. The molecule has 1 atom stereocenters. The fourth-order valence-electron chi connectivity index (χ4n) is 2.46. The predicted octanol–water partition coefficient (Wildman–Crippen LogP) is 2.44. The molecule has 0 spiro atoms. The first kappa shape index (κ1) is 19.3. The van der Waals surface area contributed by atoms with Crippen LogP contribution in [0.15, 0.2) is 24.5 Å². The minimum Gasteiger partial charge on any atom is -0.368 e. The lowest BCUT2D eigenvalue weighted by atomic mass is 10.0. The zero-order valence-electron chi connectivity index (χ0n) is 15.4. The van der Waals surface area contributed by atoms with Gasteiger partial charge in [-0.3, -0.25) is 14.6 Å². The van der Waals surface area contributed by atoms with Crippen molar-refractivity contribution in [1.82, 2.24) is 15.0 Å². The molecule has 0 saturated carbocycles. The number of nitrogens with two attached hydrogens (primary N) is 1. The Morgan fingerprint density at radius 2 is 2.00 bits per heavy atom. The highest BCUT2D eigenvalue weighted by atomic mass is 16.1. The molecule has 2 heterocycles. The Balaban J connectivity index is 2.32. The lowest BCUT2D eigenvalue weighted by Crippen LogP contribution is -2.36. The van der Waals surface area contributed by atoms with Crippen molar-refractivity contribution in [3.63, 3.8) is 0 Å². The molecule has 8 heteroatoms. The van der Waals surface area contributed by atoms with Gasteiger partial charge in [0, 0.05) is 24.5 Å². The summed E-state index contributed by atoms with van der Waals surface area (Å²) in [6.07, 6.45) is 3.65. The molecule has 0 fully saturated rings. The molecule has 0 aliphatic rings. The average Bonchev–Trinajstić information content (AvgIpc) is 2.53. The molecule has 0 bridgehead atoms. The number of Topliss-reactive ketones (excluding diaryl/α,β-unsaturated/α-hetero) is 1. The zero-order valence-corrected chi connectivity index (χ0v) is 15.4. The van der Waals surface area contributed by atoms with Crippen LogP contribution in [-0.2, 0) is 4.79 Å². The number of nitrogens with one attached hydrogen (secondary N) is 2. The van der Waals surface area contributed by atoms with Crippen molar-refractivity contribution in [2.45, 2.75) is 40.2 Å². The Morgan fingerprint density at radius 3 is 2.58 bits per heavy atom. The number of carbonyl (C=O) groups excluding carboxylic acids is 2. The van der Waals surface area contributed by atoms with Crippen LogP contribution in [0, 0.1) is 12.8 Å². The number of pyridine rings is 1. The van der Waals surface area contributed by atoms with Crippen LogP contribution < -0.4 is 16.4 Å². The Morgan fingerprint density at radius 1 is 1.27 bits per heavy atom. The summed E-state index contributed by atoms with van der Waals surface area (Å²) in [5.41, 5.74) is 7.24. The lowest BCUT2D eigenvalue weighted by molar-refractivity contribution is -0.119. The molecule has 2 rings (SSSR count). The number of primary amides is 1. The highest BCUT2D eigenvalue weighted by Crippen LogP contribution is 2.21. The number of anilines is 3. The van der Waals surface area contributed by atoms with Gasteiger partial charge < -0.3 is 16.4 Å². The summed E-state index contributed by atoms with van der Waals surface area (Å²) in [7, 11) is 0. The SMILES string of the molecule is CC(=O)c1ncc(NC(CC(C)C)C(N)=O)nc1Nc1ccnc(C)c1. The van der Waals surface area contributed by atoms with Gasteiger partial charge in [0.25, 0.3) is 0 Å². The number of hydrogen-bond acceptors (Lipinski definition) is 7. The van der Waals surface area contributed by atoms with E-state index in [0.717, 1.165) is 11.4 Å². The number of rotatable bonds is 8. The van der Waals surface area contributed by atoms with E-state index in [9.17, 15) is 9.59 Å². The van der Waals surface area contributed by atoms with Gasteiger partial charge in [0.15, 0.2) is 11.6 Å². The van der Waals surface area contributed by atoms with Crippen LogP contribution in [0.5, 0.6) is 0 Å². The third-order valence-electron chi connectivity index (χ3n) is 3.64. The van der Waals surface area contributed by atoms with E-state index in [2.05, 4.69) is 25.6 Å². The van der Waals surface area contributed by atoms with Crippen LogP contribution in [0.2, 0.25) is 0 Å². The minimum atomic E-state index is -0.566. The summed E-state index contributed by atoms with van der Waals surface area (Å²) in [6.45, 7) is 7.29. The monoisotopic (exact) mass is 356 g/mol. The van der Waals surface area contributed by atoms with Crippen molar-refractivity contribution in [3.8, 4) is 0 Å². The first-order valence-corrected chi connectivity index (χ1v) is 8.39. The van der Waals surface area contributed by atoms with Crippen LogP contribution in [-0.4, -0.2) is 32.7 Å². The average molecular weight is 356 g/mol. The molecule has 1 unspecified atom stereocenters. The summed E-state index contributed by atoms with van der Waals surface area (Å²) in [5.74, 6) is 0.275. The predicted molar refractivity (Wildman–Crippen MR) is 100 cm³/mol. The van der Waals surface area contributed by atoms with Crippen molar-refractivity contribution >= 4 is 29.0 Å². The van der Waals surface area contributed by atoms with E-state index < -0.39 is 11.9 Å². The number of aromatic nitrogens is 3. The van der Waals surface area contributed by atoms with E-state index in [4.69, 9.17) is 5.73 Å². The second-order valence-electron chi connectivity index (χ2n) is 6.55. The molecular formula is C18H24N6O2. The molecular weight excluding hydrogens is 332 g/mol. The molecule has 0 saturated heterocycles. The normalized spacial score (nSPS) is 11.9. The van der Waals surface area contributed by atoms with Crippen molar-refractivity contribution in [1.29, 1.82) is 0 Å². The third-order valence-corrected chi connectivity index (χ3v) is 3.64. The maximum absolute atomic E-state index is 11.9. The fourth-order valence-corrected chi connectivity index (χ4v) is 2.46. The van der Waals surface area contributed by atoms with Gasteiger partial charge in [-0.25, -0.2) is 9.97 Å². The first-order chi connectivity index (χ1) is 12.3. The number of carbonyl (C=O) groups is 2. The quantitative estimate of drug-likeness (QED) is 0.621. The Bertz CT molecular complexity index is 806. The summed E-state index contributed by atoms with van der Waals surface area (Å²) in [6, 6.07) is 3.03. The highest BCUT2D eigenvalue weighted by Gasteiger charge is 2.19. The number of amides is 1. The lowest BCUT2D eigenvalue weighted by Gasteiger charge is -2.18. The summed E-state index contributed by atoms with van der Waals surface area (Å²) in [4.78, 5) is 36.3. The van der Waals surface area contributed by atoms with Crippen molar-refractivity contribution in [2.75, 3.05) is 10.6 Å². The topological polar surface area (TPSA) is 123 Å². The largest absolute Gasteiger partial charge is 0.368 e. The van der Waals surface area contributed by atoms with Crippen LogP contribution in [0.3, 0.4) is 0 Å². The van der Waals surface area contributed by atoms with Gasteiger partial charge in [-0.05, 0) is 31.4 Å². The number of aryl methyl sites for hydroxylation is 1. The molecule has 138 valence electrons. The van der Waals surface area contributed by atoms with Crippen LogP contribution in [0.25, 0.3) is 0 Å². The molecule has 4 N–H and O–H groups in total. The Kier molecular flexibility index (Phi) is 6.21. The number of ketones is 1. The van der Waals surface area contributed by atoms with Gasteiger partial charge in [-0.2, -0.15) is 0 Å². The number of nitrogens with zero attached hydrogens (tertiary/aromatic N) is 3. The van der Waals surface area contributed by atoms with Gasteiger partial charge in [0.2, 0.25) is 5.91 Å². The van der Waals surface area contributed by atoms with E-state index >= 15 is 0 Å². The maximum atomic E-state index is 11.9. The Hall–Kier alpha value is -3.03. The molecule has 0 radical (unpaired) electrons. The van der Waals surface area contributed by atoms with E-state index in [1.807, 2.05) is 26.8 Å².